The summed E-state index contributed by atoms with van der Waals surface area (Å²) >= 11 is 0. The Morgan fingerprint density at radius 1 is 1.29 bits per heavy atom. The minimum Gasteiger partial charge on any atom is -0.449 e. The third-order valence-corrected chi connectivity index (χ3v) is 2.93. The molecule has 3 N–H and O–H groups in total. The third kappa shape index (κ3) is 3.02. The molecule has 110 valence electrons. The first-order valence-corrected chi connectivity index (χ1v) is 6.19. The number of amides is 3. The number of esters is 1. The second kappa shape index (κ2) is 5.66. The first-order valence-electron chi connectivity index (χ1n) is 6.19. The Labute approximate surface area is 120 Å². The molecule has 1 aromatic heterocycles. The second-order valence-electron chi connectivity index (χ2n) is 4.45. The number of urea groups is 1. The molecular formula is C14H14N2O5. The van der Waals surface area contributed by atoms with Gasteiger partial charge in [0.1, 0.15) is 5.58 Å². The van der Waals surface area contributed by atoms with Crippen LogP contribution >= 0.6 is 0 Å². The van der Waals surface area contributed by atoms with Crippen molar-refractivity contribution in [3.8, 4) is 0 Å². The van der Waals surface area contributed by atoms with Gasteiger partial charge in [0.05, 0.1) is 0 Å². The lowest BCUT2D eigenvalue weighted by Crippen LogP contribution is -2.42. The SMILES string of the molecule is Cc1c(C(=O)O[C@H](C)C(=O)NC(N)=O)oc2ccccc12. The molecular weight excluding hydrogens is 276 g/mol. The van der Waals surface area contributed by atoms with Crippen molar-refractivity contribution in [2.24, 2.45) is 5.73 Å². The summed E-state index contributed by atoms with van der Waals surface area (Å²) in [6.45, 7) is 3.05. The van der Waals surface area contributed by atoms with Crippen molar-refractivity contribution >= 4 is 28.9 Å². The fourth-order valence-corrected chi connectivity index (χ4v) is 1.86. The van der Waals surface area contributed by atoms with Gasteiger partial charge in [-0.25, -0.2) is 9.59 Å². The summed E-state index contributed by atoms with van der Waals surface area (Å²) in [7, 11) is 0. The lowest BCUT2D eigenvalue weighted by atomic mass is 10.1. The van der Waals surface area contributed by atoms with Gasteiger partial charge in [-0.2, -0.15) is 0 Å². The van der Waals surface area contributed by atoms with Crippen LogP contribution < -0.4 is 11.1 Å². The fraction of sp³-hybridized carbons (Fsp3) is 0.214. The molecule has 2 rings (SSSR count). The molecule has 21 heavy (non-hydrogen) atoms. The Balaban J connectivity index is 2.17. The van der Waals surface area contributed by atoms with Gasteiger partial charge in [0.15, 0.2) is 6.10 Å². The molecule has 0 bridgehead atoms. The number of hydrogen-bond acceptors (Lipinski definition) is 5. The highest BCUT2D eigenvalue weighted by atomic mass is 16.6. The number of carbonyl (C=O) groups excluding carboxylic acids is 3. The summed E-state index contributed by atoms with van der Waals surface area (Å²) in [5.74, 6) is -1.56. The molecule has 0 saturated carbocycles. The number of furan rings is 1. The van der Waals surface area contributed by atoms with Gasteiger partial charge in [-0.05, 0) is 19.9 Å². The second-order valence-corrected chi connectivity index (χ2v) is 4.45. The molecule has 2 aromatic rings. The lowest BCUT2D eigenvalue weighted by Gasteiger charge is -2.10. The molecule has 0 fully saturated rings. The highest BCUT2D eigenvalue weighted by Crippen LogP contribution is 2.25. The quantitative estimate of drug-likeness (QED) is 0.831. The summed E-state index contributed by atoms with van der Waals surface area (Å²) in [5, 5.41) is 2.62. The number of hydrogen-bond donors (Lipinski definition) is 2. The first kappa shape index (κ1) is 14.6. The maximum absolute atomic E-state index is 12.0. The van der Waals surface area contributed by atoms with Gasteiger partial charge in [0.2, 0.25) is 5.76 Å². The smallest absolute Gasteiger partial charge is 0.375 e. The molecule has 1 aromatic carbocycles. The van der Waals surface area contributed by atoms with E-state index in [2.05, 4.69) is 0 Å². The average molecular weight is 290 g/mol. The number of para-hydroxylation sites is 1. The topological polar surface area (TPSA) is 112 Å². The molecule has 1 heterocycles. The van der Waals surface area contributed by atoms with E-state index in [1.54, 1.807) is 19.1 Å². The third-order valence-electron chi connectivity index (χ3n) is 2.93. The van der Waals surface area contributed by atoms with E-state index in [9.17, 15) is 14.4 Å². The van der Waals surface area contributed by atoms with Crippen LogP contribution in [0, 0.1) is 6.92 Å². The number of nitrogens with one attached hydrogen (secondary N) is 1. The number of fused-ring (bicyclic) bond motifs is 1. The molecule has 7 heteroatoms. The summed E-state index contributed by atoms with van der Waals surface area (Å²) in [6.07, 6.45) is -1.17. The number of rotatable bonds is 3. The molecule has 7 nitrogen and oxygen atoms in total. The van der Waals surface area contributed by atoms with Crippen LogP contribution in [0.3, 0.4) is 0 Å². The fourth-order valence-electron chi connectivity index (χ4n) is 1.86. The number of imide groups is 1. The van der Waals surface area contributed by atoms with Gasteiger partial charge in [-0.3, -0.25) is 10.1 Å². The van der Waals surface area contributed by atoms with Crippen LogP contribution in [-0.2, 0) is 9.53 Å². The zero-order valence-electron chi connectivity index (χ0n) is 11.5. The van der Waals surface area contributed by atoms with Crippen molar-refractivity contribution in [2.75, 3.05) is 0 Å². The highest BCUT2D eigenvalue weighted by Gasteiger charge is 2.24. The summed E-state index contributed by atoms with van der Waals surface area (Å²) in [4.78, 5) is 34.1. The number of ether oxygens (including phenoxy) is 1. The monoisotopic (exact) mass is 290 g/mol. The van der Waals surface area contributed by atoms with Gasteiger partial charge in [-0.15, -0.1) is 0 Å². The van der Waals surface area contributed by atoms with E-state index < -0.39 is 24.0 Å². The van der Waals surface area contributed by atoms with Crippen molar-refractivity contribution in [2.45, 2.75) is 20.0 Å². The predicted octanol–water partition coefficient (Wildman–Crippen LogP) is 1.48. The number of nitrogens with two attached hydrogens (primary N) is 1. The van der Waals surface area contributed by atoms with Crippen LogP contribution in [0.4, 0.5) is 4.79 Å². The molecule has 0 unspecified atom stereocenters. The Hall–Kier alpha value is -2.83. The van der Waals surface area contributed by atoms with Crippen LogP contribution in [0.5, 0.6) is 0 Å². The van der Waals surface area contributed by atoms with E-state index in [1.165, 1.54) is 6.92 Å². The van der Waals surface area contributed by atoms with Gasteiger partial charge in [0, 0.05) is 10.9 Å². The lowest BCUT2D eigenvalue weighted by molar-refractivity contribution is -0.127. The molecule has 3 amide bonds. The van der Waals surface area contributed by atoms with Crippen LogP contribution in [0.25, 0.3) is 11.0 Å². The van der Waals surface area contributed by atoms with Crippen LogP contribution in [0.15, 0.2) is 28.7 Å². The van der Waals surface area contributed by atoms with Gasteiger partial charge in [0.25, 0.3) is 5.91 Å². The van der Waals surface area contributed by atoms with Crippen LogP contribution in [0.2, 0.25) is 0 Å². The zero-order chi connectivity index (χ0) is 15.6. The minimum absolute atomic E-state index is 0.0231. The van der Waals surface area contributed by atoms with Gasteiger partial charge >= 0.3 is 12.0 Å². The summed E-state index contributed by atoms with van der Waals surface area (Å²) < 4.78 is 10.4. The van der Waals surface area contributed by atoms with Crippen molar-refractivity contribution in [1.29, 1.82) is 0 Å². The standard InChI is InChI=1S/C14H14N2O5/c1-7-9-5-3-4-6-10(9)21-11(7)13(18)20-8(2)12(17)16-14(15)19/h3-6,8H,1-2H3,(H3,15,16,17,19)/t8-/m1/s1. The largest absolute Gasteiger partial charge is 0.449 e. The first-order chi connectivity index (χ1) is 9.90. The number of primary amides is 1. The Morgan fingerprint density at radius 2 is 1.95 bits per heavy atom. The predicted molar refractivity (Wildman–Crippen MR) is 73.6 cm³/mol. The van der Waals surface area contributed by atoms with E-state index in [-0.39, 0.29) is 5.76 Å². The highest BCUT2D eigenvalue weighted by molar-refractivity contribution is 5.99. The van der Waals surface area contributed by atoms with Crippen molar-refractivity contribution in [3.05, 3.63) is 35.6 Å². The molecule has 0 aliphatic heterocycles. The minimum atomic E-state index is -1.17. The van der Waals surface area contributed by atoms with E-state index in [0.717, 1.165) is 5.39 Å². The summed E-state index contributed by atoms with van der Waals surface area (Å²) in [5.41, 5.74) is 5.99. The molecule has 0 aliphatic rings. The summed E-state index contributed by atoms with van der Waals surface area (Å²) in [6, 6.07) is 6.13. The Kier molecular flexibility index (Phi) is 3.93. The normalized spacial score (nSPS) is 11.9. The molecule has 0 saturated heterocycles. The van der Waals surface area contributed by atoms with Crippen molar-refractivity contribution < 1.29 is 23.5 Å². The maximum Gasteiger partial charge on any atom is 0.375 e. The van der Waals surface area contributed by atoms with Crippen LogP contribution in [0.1, 0.15) is 23.0 Å². The van der Waals surface area contributed by atoms with Crippen molar-refractivity contribution in [1.82, 2.24) is 5.32 Å². The van der Waals surface area contributed by atoms with E-state index in [1.807, 2.05) is 17.4 Å². The number of carbonyl (C=O) groups is 3. The van der Waals surface area contributed by atoms with E-state index >= 15 is 0 Å². The maximum atomic E-state index is 12.0. The number of benzene rings is 1. The van der Waals surface area contributed by atoms with E-state index in [0.29, 0.717) is 11.1 Å². The molecule has 0 spiro atoms. The molecule has 1 atom stereocenters. The van der Waals surface area contributed by atoms with Gasteiger partial charge in [-0.1, -0.05) is 18.2 Å². The number of aryl methyl sites for hydroxylation is 1. The van der Waals surface area contributed by atoms with Crippen LogP contribution in [-0.4, -0.2) is 24.0 Å². The van der Waals surface area contributed by atoms with Crippen molar-refractivity contribution in [3.63, 3.8) is 0 Å². The Morgan fingerprint density at radius 3 is 2.57 bits per heavy atom. The Bertz CT molecular complexity index is 719. The van der Waals surface area contributed by atoms with Gasteiger partial charge < -0.3 is 14.9 Å². The van der Waals surface area contributed by atoms with E-state index in [4.69, 9.17) is 14.9 Å². The molecule has 0 aliphatic carbocycles. The average Bonchev–Trinajstić information content (AvgIpc) is 2.76. The molecule has 0 radical (unpaired) electrons. The zero-order valence-corrected chi connectivity index (χ0v) is 11.5.